The molecule has 4 aromatic rings. The number of hydrogen-bond donors (Lipinski definition) is 1. The Hall–Kier alpha value is -4.05. The van der Waals surface area contributed by atoms with Gasteiger partial charge in [-0.2, -0.15) is 0 Å². The molecule has 0 fully saturated rings. The fraction of sp³-hybridized carbons (Fsp3) is 0.136. The molecular formula is C22H17ClFN5O4. The van der Waals surface area contributed by atoms with Crippen molar-refractivity contribution in [2.45, 2.75) is 13.5 Å². The molecule has 0 atom stereocenters. The summed E-state index contributed by atoms with van der Waals surface area (Å²) in [6.07, 6.45) is 0. The number of hydrogen-bond acceptors (Lipinski definition) is 6. The number of nitrogens with zero attached hydrogens (tertiary/aromatic N) is 4. The van der Waals surface area contributed by atoms with Crippen molar-refractivity contribution in [2.75, 3.05) is 6.61 Å². The molecule has 11 heteroatoms. The quantitative estimate of drug-likeness (QED) is 0.433. The highest BCUT2D eigenvalue weighted by atomic mass is 35.5. The molecule has 0 bridgehead atoms. The van der Waals surface area contributed by atoms with E-state index in [0.717, 1.165) is 9.13 Å². The molecule has 0 unspecified atom stereocenters. The molecule has 4 rings (SSSR count). The van der Waals surface area contributed by atoms with Gasteiger partial charge in [0.25, 0.3) is 5.91 Å². The van der Waals surface area contributed by atoms with Crippen LogP contribution in [0.4, 0.5) is 4.39 Å². The van der Waals surface area contributed by atoms with Gasteiger partial charge in [0.1, 0.15) is 17.9 Å². The third-order valence-corrected chi connectivity index (χ3v) is 5.00. The summed E-state index contributed by atoms with van der Waals surface area (Å²) < 4.78 is 20.6. The van der Waals surface area contributed by atoms with Crippen LogP contribution in [-0.4, -0.2) is 37.6 Å². The number of rotatable bonds is 6. The molecule has 2 aromatic carbocycles. The number of amides is 1. The molecular weight excluding hydrogens is 453 g/mol. The van der Waals surface area contributed by atoms with E-state index >= 15 is 0 Å². The molecule has 2 N–H and O–H groups in total. The summed E-state index contributed by atoms with van der Waals surface area (Å²) in [6, 6.07) is 11.7. The van der Waals surface area contributed by atoms with Gasteiger partial charge in [-0.1, -0.05) is 23.7 Å². The van der Waals surface area contributed by atoms with Gasteiger partial charge in [0.15, 0.2) is 17.2 Å². The third-order valence-electron chi connectivity index (χ3n) is 4.76. The number of aromatic nitrogens is 4. The minimum Gasteiger partial charge on any atom is -0.465 e. The summed E-state index contributed by atoms with van der Waals surface area (Å²) in [6.45, 7) is 1.22. The van der Waals surface area contributed by atoms with E-state index in [0.29, 0.717) is 10.6 Å². The maximum absolute atomic E-state index is 13.5. The first-order chi connectivity index (χ1) is 15.8. The van der Waals surface area contributed by atoms with Crippen LogP contribution in [0.25, 0.3) is 28.2 Å². The summed E-state index contributed by atoms with van der Waals surface area (Å²) >= 11 is 6.08. The molecule has 33 heavy (non-hydrogen) atoms. The Balaban J connectivity index is 2.09. The number of carbonyl (C=O) groups is 2. The van der Waals surface area contributed by atoms with Gasteiger partial charge in [-0.05, 0) is 43.3 Å². The lowest BCUT2D eigenvalue weighted by atomic mass is 10.2. The second-order valence-corrected chi connectivity index (χ2v) is 7.36. The van der Waals surface area contributed by atoms with Crippen LogP contribution in [0.3, 0.4) is 0 Å². The van der Waals surface area contributed by atoms with Crippen molar-refractivity contribution >= 4 is 34.6 Å². The van der Waals surface area contributed by atoms with Gasteiger partial charge in [0.2, 0.25) is 0 Å². The standard InChI is InChI=1S/C22H17ClFN5O4/c1-2-33-16(30)11-28-18-17(19(25)31)26-20(12-4-3-5-13(23)10-12)27-21(18)29(22(28)32)15-8-6-14(24)7-9-15/h3-10H,2,11H2,1H3,(H2,25,31). The maximum Gasteiger partial charge on any atom is 0.335 e. The molecule has 0 aliphatic heterocycles. The Morgan fingerprint density at radius 3 is 2.52 bits per heavy atom. The Bertz CT molecular complexity index is 1450. The largest absolute Gasteiger partial charge is 0.465 e. The molecule has 0 aliphatic carbocycles. The van der Waals surface area contributed by atoms with Gasteiger partial charge in [-0.15, -0.1) is 0 Å². The smallest absolute Gasteiger partial charge is 0.335 e. The molecule has 0 spiro atoms. The fourth-order valence-corrected chi connectivity index (χ4v) is 3.58. The van der Waals surface area contributed by atoms with Crippen LogP contribution in [0, 0.1) is 5.82 Å². The topological polar surface area (TPSA) is 122 Å². The summed E-state index contributed by atoms with van der Waals surface area (Å²) in [7, 11) is 0. The Labute approximate surface area is 191 Å². The molecule has 9 nitrogen and oxygen atoms in total. The second kappa shape index (κ2) is 8.83. The van der Waals surface area contributed by atoms with Gasteiger partial charge in [-0.25, -0.2) is 23.7 Å². The van der Waals surface area contributed by atoms with Gasteiger partial charge >= 0.3 is 11.7 Å². The Morgan fingerprint density at radius 1 is 1.15 bits per heavy atom. The highest BCUT2D eigenvalue weighted by Crippen LogP contribution is 2.25. The van der Waals surface area contributed by atoms with E-state index in [4.69, 9.17) is 22.1 Å². The highest BCUT2D eigenvalue weighted by Gasteiger charge is 2.25. The number of halogens is 2. The molecule has 0 radical (unpaired) electrons. The van der Waals surface area contributed by atoms with Crippen molar-refractivity contribution in [3.8, 4) is 17.1 Å². The van der Waals surface area contributed by atoms with Crippen LogP contribution >= 0.6 is 11.6 Å². The zero-order valence-electron chi connectivity index (χ0n) is 17.3. The lowest BCUT2D eigenvalue weighted by Gasteiger charge is -2.08. The van der Waals surface area contributed by atoms with Crippen LogP contribution in [0.1, 0.15) is 17.4 Å². The average Bonchev–Trinajstić information content (AvgIpc) is 3.05. The van der Waals surface area contributed by atoms with Gasteiger partial charge in [0.05, 0.1) is 12.3 Å². The lowest BCUT2D eigenvalue weighted by molar-refractivity contribution is -0.143. The highest BCUT2D eigenvalue weighted by molar-refractivity contribution is 6.30. The SMILES string of the molecule is CCOC(=O)Cn1c(=O)n(-c2ccc(F)cc2)c2nc(-c3cccc(Cl)c3)nc(C(N)=O)c21. The minimum absolute atomic E-state index is 0.00896. The van der Waals surface area contributed by atoms with Gasteiger partial charge in [0, 0.05) is 10.6 Å². The molecule has 0 aliphatic rings. The van der Waals surface area contributed by atoms with E-state index < -0.39 is 29.9 Å². The molecule has 2 heterocycles. The molecule has 168 valence electrons. The van der Waals surface area contributed by atoms with E-state index in [1.165, 1.54) is 24.3 Å². The zero-order valence-corrected chi connectivity index (χ0v) is 18.0. The number of ether oxygens (including phenoxy) is 1. The van der Waals surface area contributed by atoms with E-state index in [9.17, 15) is 18.8 Å². The van der Waals surface area contributed by atoms with Crippen molar-refractivity contribution in [3.05, 3.63) is 75.5 Å². The maximum atomic E-state index is 13.5. The van der Waals surface area contributed by atoms with Crippen molar-refractivity contribution in [1.82, 2.24) is 19.1 Å². The van der Waals surface area contributed by atoms with Crippen LogP contribution in [0.15, 0.2) is 53.3 Å². The number of fused-ring (bicyclic) bond motifs is 1. The molecule has 1 amide bonds. The second-order valence-electron chi connectivity index (χ2n) is 6.93. The molecule has 0 saturated heterocycles. The van der Waals surface area contributed by atoms with Crippen LogP contribution in [0.2, 0.25) is 5.02 Å². The normalized spacial score (nSPS) is 11.0. The van der Waals surface area contributed by atoms with E-state index in [-0.39, 0.29) is 35.0 Å². The minimum atomic E-state index is -0.931. The van der Waals surface area contributed by atoms with E-state index in [1.807, 2.05) is 0 Å². The fourth-order valence-electron chi connectivity index (χ4n) is 3.39. The lowest BCUT2D eigenvalue weighted by Crippen LogP contribution is -2.28. The predicted molar refractivity (Wildman–Crippen MR) is 119 cm³/mol. The number of nitrogens with two attached hydrogens (primary N) is 1. The Kier molecular flexibility index (Phi) is 5.93. The summed E-state index contributed by atoms with van der Waals surface area (Å²) in [5.41, 5.74) is 5.32. The predicted octanol–water partition coefficient (Wildman–Crippen LogP) is 2.70. The van der Waals surface area contributed by atoms with Crippen molar-refractivity contribution in [3.63, 3.8) is 0 Å². The number of esters is 1. The first-order valence-electron chi connectivity index (χ1n) is 9.80. The van der Waals surface area contributed by atoms with Gasteiger partial charge in [-0.3, -0.25) is 14.2 Å². The third kappa shape index (κ3) is 4.20. The summed E-state index contributed by atoms with van der Waals surface area (Å²) in [5.74, 6) is -2.05. The number of imidazole rings is 1. The average molecular weight is 470 g/mol. The number of benzene rings is 2. The van der Waals surface area contributed by atoms with Crippen LogP contribution < -0.4 is 11.4 Å². The molecule has 2 aromatic heterocycles. The Morgan fingerprint density at radius 2 is 1.88 bits per heavy atom. The first kappa shape index (κ1) is 22.2. The van der Waals surface area contributed by atoms with E-state index in [1.54, 1.807) is 31.2 Å². The zero-order chi connectivity index (χ0) is 23.7. The molecule has 0 saturated carbocycles. The summed E-state index contributed by atoms with van der Waals surface area (Å²) in [4.78, 5) is 46.7. The summed E-state index contributed by atoms with van der Waals surface area (Å²) in [5, 5.41) is 0.410. The number of primary amides is 1. The van der Waals surface area contributed by atoms with Crippen molar-refractivity contribution < 1.29 is 18.7 Å². The van der Waals surface area contributed by atoms with Gasteiger partial charge < -0.3 is 10.5 Å². The first-order valence-corrected chi connectivity index (χ1v) is 10.2. The van der Waals surface area contributed by atoms with Crippen molar-refractivity contribution in [2.24, 2.45) is 5.73 Å². The monoisotopic (exact) mass is 469 g/mol. The van der Waals surface area contributed by atoms with Crippen LogP contribution in [-0.2, 0) is 16.1 Å². The van der Waals surface area contributed by atoms with Crippen molar-refractivity contribution in [1.29, 1.82) is 0 Å². The van der Waals surface area contributed by atoms with E-state index in [2.05, 4.69) is 9.97 Å². The van der Waals surface area contributed by atoms with Crippen LogP contribution in [0.5, 0.6) is 0 Å². The number of carbonyl (C=O) groups excluding carboxylic acids is 2.